The van der Waals surface area contributed by atoms with Crippen LogP contribution in [0.5, 0.6) is 0 Å². The molecule has 1 amide bonds. The zero-order chi connectivity index (χ0) is 18.0. The third-order valence-electron chi connectivity index (χ3n) is 3.92. The van der Waals surface area contributed by atoms with Crippen LogP contribution in [0.1, 0.15) is 22.5 Å². The lowest BCUT2D eigenvalue weighted by Crippen LogP contribution is -2.22. The molecule has 1 aliphatic rings. The number of benzene rings is 1. The van der Waals surface area contributed by atoms with Gasteiger partial charge in [-0.3, -0.25) is 4.79 Å². The van der Waals surface area contributed by atoms with Crippen LogP contribution < -0.4 is 10.6 Å². The van der Waals surface area contributed by atoms with E-state index in [2.05, 4.69) is 20.8 Å². The molecule has 1 saturated heterocycles. The molecular weight excluding hydrogens is 364 g/mol. The van der Waals surface area contributed by atoms with E-state index in [1.54, 1.807) is 30.3 Å². The van der Waals surface area contributed by atoms with Crippen molar-refractivity contribution in [3.8, 4) is 0 Å². The van der Waals surface area contributed by atoms with E-state index in [0.29, 0.717) is 22.9 Å². The molecule has 0 radical (unpaired) electrons. The topological polar surface area (TPSA) is 101 Å². The minimum Gasteiger partial charge on any atom is -0.365 e. The summed E-state index contributed by atoms with van der Waals surface area (Å²) < 4.78 is 22.9. The number of carbonyl (C=O) groups is 1. The highest BCUT2D eigenvalue weighted by Gasteiger charge is 2.28. The molecule has 0 saturated carbocycles. The zero-order valence-electron chi connectivity index (χ0n) is 13.5. The molecule has 2 heterocycles. The van der Waals surface area contributed by atoms with Gasteiger partial charge in [0.15, 0.2) is 15.5 Å². The van der Waals surface area contributed by atoms with Gasteiger partial charge in [0.25, 0.3) is 5.91 Å². The van der Waals surface area contributed by atoms with Crippen LogP contribution in [-0.4, -0.2) is 42.1 Å². The summed E-state index contributed by atoms with van der Waals surface area (Å²) >= 11 is 5.90. The second-order valence-electron chi connectivity index (χ2n) is 5.96. The van der Waals surface area contributed by atoms with Crippen LogP contribution in [0.2, 0.25) is 5.02 Å². The first-order chi connectivity index (χ1) is 11.8. The van der Waals surface area contributed by atoms with E-state index in [4.69, 9.17) is 11.6 Å². The van der Waals surface area contributed by atoms with Crippen molar-refractivity contribution >= 4 is 38.9 Å². The summed E-state index contributed by atoms with van der Waals surface area (Å²) in [6, 6.07) is 8.15. The average Bonchev–Trinajstić information content (AvgIpc) is 2.89. The highest BCUT2D eigenvalue weighted by Crippen LogP contribution is 2.20. The minimum atomic E-state index is -2.96. The lowest BCUT2D eigenvalue weighted by atomic mass is 10.2. The van der Waals surface area contributed by atoms with Crippen molar-refractivity contribution in [2.24, 2.45) is 0 Å². The number of aryl methyl sites for hydroxylation is 1. The fourth-order valence-electron chi connectivity index (χ4n) is 2.60. The molecule has 1 atom stereocenters. The van der Waals surface area contributed by atoms with Crippen molar-refractivity contribution in [3.05, 3.63) is 46.6 Å². The van der Waals surface area contributed by atoms with Crippen LogP contribution in [0.3, 0.4) is 0 Å². The summed E-state index contributed by atoms with van der Waals surface area (Å²) in [7, 11) is -2.96. The van der Waals surface area contributed by atoms with Gasteiger partial charge in [-0.25, -0.2) is 8.42 Å². The first-order valence-corrected chi connectivity index (χ1v) is 9.90. The normalized spacial score (nSPS) is 18.7. The molecule has 1 aromatic heterocycles. The lowest BCUT2D eigenvalue weighted by molar-refractivity contribution is 0.102. The van der Waals surface area contributed by atoms with Crippen molar-refractivity contribution in [2.75, 3.05) is 22.1 Å². The van der Waals surface area contributed by atoms with E-state index in [1.807, 2.05) is 6.92 Å². The molecule has 0 spiro atoms. The number of hydrogen-bond acceptors (Lipinski definition) is 6. The van der Waals surface area contributed by atoms with Crippen LogP contribution in [-0.2, 0) is 9.84 Å². The molecule has 1 unspecified atom stereocenters. The molecular formula is C16H17ClN4O3S. The fraction of sp³-hybridized carbons (Fsp3) is 0.312. The molecule has 0 bridgehead atoms. The lowest BCUT2D eigenvalue weighted by Gasteiger charge is -2.11. The summed E-state index contributed by atoms with van der Waals surface area (Å²) in [5, 5.41) is 14.2. The van der Waals surface area contributed by atoms with E-state index in [9.17, 15) is 13.2 Å². The van der Waals surface area contributed by atoms with Gasteiger partial charge in [0.05, 0.1) is 11.5 Å². The Balaban J connectivity index is 1.64. The van der Waals surface area contributed by atoms with Gasteiger partial charge in [0.2, 0.25) is 0 Å². The van der Waals surface area contributed by atoms with Crippen LogP contribution in [0.15, 0.2) is 30.3 Å². The van der Waals surface area contributed by atoms with Gasteiger partial charge >= 0.3 is 0 Å². The van der Waals surface area contributed by atoms with Crippen molar-refractivity contribution in [1.29, 1.82) is 0 Å². The van der Waals surface area contributed by atoms with Gasteiger partial charge in [0.1, 0.15) is 5.82 Å². The third-order valence-corrected chi connectivity index (χ3v) is 5.92. The van der Waals surface area contributed by atoms with E-state index in [-0.39, 0.29) is 29.1 Å². The summed E-state index contributed by atoms with van der Waals surface area (Å²) in [6.07, 6.45) is 0.544. The van der Waals surface area contributed by atoms with E-state index in [0.717, 1.165) is 5.56 Å². The van der Waals surface area contributed by atoms with E-state index < -0.39 is 9.84 Å². The summed E-state index contributed by atoms with van der Waals surface area (Å²) in [6.45, 7) is 1.84. The summed E-state index contributed by atoms with van der Waals surface area (Å²) in [5.74, 6) is 0.334. The maximum absolute atomic E-state index is 12.2. The SMILES string of the molecule is Cc1cc(Cl)ccc1NC(=O)c1ccc(NC2CCS(=O)(=O)C2)nn1. The van der Waals surface area contributed by atoms with Crippen molar-refractivity contribution in [1.82, 2.24) is 10.2 Å². The predicted octanol–water partition coefficient (Wildman–Crippen LogP) is 2.29. The Morgan fingerprint density at radius 1 is 1.24 bits per heavy atom. The van der Waals surface area contributed by atoms with Gasteiger partial charge in [-0.2, -0.15) is 0 Å². The van der Waals surface area contributed by atoms with Gasteiger partial charge in [-0.15, -0.1) is 10.2 Å². The average molecular weight is 381 g/mol. The molecule has 25 heavy (non-hydrogen) atoms. The Hall–Kier alpha value is -2.19. The molecule has 132 valence electrons. The fourth-order valence-corrected chi connectivity index (χ4v) is 4.50. The van der Waals surface area contributed by atoms with Crippen LogP contribution >= 0.6 is 11.6 Å². The van der Waals surface area contributed by atoms with Crippen LogP contribution in [0, 0.1) is 6.92 Å². The number of aromatic nitrogens is 2. The second kappa shape index (κ2) is 6.97. The van der Waals surface area contributed by atoms with Gasteiger partial charge in [-0.05, 0) is 49.2 Å². The Labute approximate surface area is 150 Å². The minimum absolute atomic E-state index is 0.0900. The number of hydrogen-bond donors (Lipinski definition) is 2. The quantitative estimate of drug-likeness (QED) is 0.843. The largest absolute Gasteiger partial charge is 0.365 e. The molecule has 1 fully saturated rings. The van der Waals surface area contributed by atoms with Crippen molar-refractivity contribution in [2.45, 2.75) is 19.4 Å². The molecule has 3 rings (SSSR count). The first-order valence-electron chi connectivity index (χ1n) is 7.70. The molecule has 9 heteroatoms. The maximum atomic E-state index is 12.2. The van der Waals surface area contributed by atoms with Gasteiger partial charge in [0, 0.05) is 16.8 Å². The Morgan fingerprint density at radius 2 is 2.04 bits per heavy atom. The Morgan fingerprint density at radius 3 is 2.64 bits per heavy atom. The monoisotopic (exact) mass is 380 g/mol. The van der Waals surface area contributed by atoms with Crippen molar-refractivity contribution in [3.63, 3.8) is 0 Å². The number of sulfone groups is 1. The number of nitrogens with zero attached hydrogens (tertiary/aromatic N) is 2. The number of nitrogens with one attached hydrogen (secondary N) is 2. The smallest absolute Gasteiger partial charge is 0.276 e. The number of halogens is 1. The predicted molar refractivity (Wildman–Crippen MR) is 96.9 cm³/mol. The first kappa shape index (κ1) is 17.6. The maximum Gasteiger partial charge on any atom is 0.276 e. The molecule has 0 aliphatic carbocycles. The molecule has 1 aromatic carbocycles. The molecule has 7 nitrogen and oxygen atoms in total. The number of rotatable bonds is 4. The molecule has 2 aromatic rings. The van der Waals surface area contributed by atoms with E-state index in [1.165, 1.54) is 0 Å². The summed E-state index contributed by atoms with van der Waals surface area (Å²) in [5.41, 5.74) is 1.66. The summed E-state index contributed by atoms with van der Waals surface area (Å²) in [4.78, 5) is 12.2. The number of carbonyl (C=O) groups excluding carboxylic acids is 1. The molecule has 1 aliphatic heterocycles. The Bertz CT molecular complexity index is 900. The van der Waals surface area contributed by atoms with Crippen molar-refractivity contribution < 1.29 is 13.2 Å². The Kier molecular flexibility index (Phi) is 4.91. The molecule has 2 N–H and O–H groups in total. The number of anilines is 2. The standard InChI is InChI=1S/C16H17ClN4O3S/c1-10-8-11(17)2-3-13(10)19-16(22)14-4-5-15(21-20-14)18-12-6-7-25(23,24)9-12/h2-5,8,12H,6-7,9H2,1H3,(H,18,21)(H,19,22). The third kappa shape index (κ3) is 4.46. The van der Waals surface area contributed by atoms with Crippen LogP contribution in [0.4, 0.5) is 11.5 Å². The zero-order valence-corrected chi connectivity index (χ0v) is 15.1. The second-order valence-corrected chi connectivity index (χ2v) is 8.63. The van der Waals surface area contributed by atoms with Gasteiger partial charge in [-0.1, -0.05) is 11.6 Å². The highest BCUT2D eigenvalue weighted by molar-refractivity contribution is 7.91. The van der Waals surface area contributed by atoms with Crippen LogP contribution in [0.25, 0.3) is 0 Å². The van der Waals surface area contributed by atoms with E-state index >= 15 is 0 Å². The highest BCUT2D eigenvalue weighted by atomic mass is 35.5. The number of amides is 1. The van der Waals surface area contributed by atoms with Gasteiger partial charge < -0.3 is 10.6 Å².